The van der Waals surface area contributed by atoms with Crippen LogP contribution in [0.1, 0.15) is 45.8 Å². The Morgan fingerprint density at radius 3 is 2.26 bits per heavy atom. The Morgan fingerprint density at radius 2 is 1.59 bits per heavy atom. The van der Waals surface area contributed by atoms with Crippen molar-refractivity contribution in [3.63, 3.8) is 0 Å². The molecule has 3 aromatic heterocycles. The number of carboxylic acid groups (broad SMARTS) is 3. The van der Waals surface area contributed by atoms with Gasteiger partial charge in [-0.25, -0.2) is 9.59 Å². The molecule has 2 atom stereocenters. The van der Waals surface area contributed by atoms with Crippen LogP contribution in [-0.2, 0) is 32.0 Å². The van der Waals surface area contributed by atoms with Gasteiger partial charge in [0.05, 0.1) is 10.3 Å². The van der Waals surface area contributed by atoms with Crippen LogP contribution in [0.15, 0.2) is 18.3 Å². The van der Waals surface area contributed by atoms with Gasteiger partial charge in [-0.1, -0.05) is 0 Å². The van der Waals surface area contributed by atoms with E-state index >= 15 is 0 Å². The second-order valence-electron chi connectivity index (χ2n) is 8.56. The molecule has 0 aliphatic rings. The number of amides is 2. The zero-order valence-corrected chi connectivity index (χ0v) is 21.3. The van der Waals surface area contributed by atoms with E-state index in [0.29, 0.717) is 23.9 Å². The van der Waals surface area contributed by atoms with Gasteiger partial charge in [0, 0.05) is 23.9 Å². The number of carbonyl (C=O) groups excluding carboxylic acids is 2. The zero-order chi connectivity index (χ0) is 28.7. The average Bonchev–Trinajstić information content (AvgIpc) is 3.49. The van der Waals surface area contributed by atoms with E-state index in [0.717, 1.165) is 10.4 Å². The number of nitrogens with one attached hydrogen (secondary N) is 3. The minimum Gasteiger partial charge on any atom is -0.481 e. The third-order valence-corrected chi connectivity index (χ3v) is 6.87. The Bertz CT molecular complexity index is 1400. The number of aromatic nitrogens is 3. The summed E-state index contributed by atoms with van der Waals surface area (Å²) in [6.07, 6.45) is 1.39. The maximum absolute atomic E-state index is 12.7. The maximum Gasteiger partial charge on any atom is 0.326 e. The van der Waals surface area contributed by atoms with Gasteiger partial charge in [0.25, 0.3) is 5.91 Å². The lowest BCUT2D eigenvalue weighted by molar-refractivity contribution is -0.143. The molecule has 39 heavy (non-hydrogen) atoms. The lowest BCUT2D eigenvalue weighted by atomic mass is 10.1. The monoisotopic (exact) mass is 561 g/mol. The molecule has 0 aromatic carbocycles. The molecule has 0 spiro atoms. The molecule has 0 radical (unpaired) electrons. The van der Waals surface area contributed by atoms with Crippen molar-refractivity contribution in [1.29, 1.82) is 0 Å². The molecule has 15 nitrogen and oxygen atoms in total. The summed E-state index contributed by atoms with van der Waals surface area (Å²) in [6.45, 7) is 0. The number of thiophene rings is 1. The van der Waals surface area contributed by atoms with Crippen LogP contribution < -0.4 is 22.1 Å². The molecule has 0 saturated heterocycles. The van der Waals surface area contributed by atoms with E-state index in [9.17, 15) is 29.1 Å². The number of aryl methyl sites for hydroxylation is 2. The number of carbonyl (C=O) groups is 5. The molecule has 10 N–H and O–H groups in total. The van der Waals surface area contributed by atoms with E-state index in [1.807, 2.05) is 0 Å². The molecule has 0 aliphatic carbocycles. The average molecular weight is 562 g/mol. The minimum absolute atomic E-state index is 0.0581. The summed E-state index contributed by atoms with van der Waals surface area (Å²) in [6, 6.07) is 0.479. The van der Waals surface area contributed by atoms with Gasteiger partial charge in [-0.05, 0) is 43.4 Å². The summed E-state index contributed by atoms with van der Waals surface area (Å²) >= 11 is 1.18. The first-order valence-electron chi connectivity index (χ1n) is 11.7. The first kappa shape index (κ1) is 28.8. The molecule has 0 unspecified atom stereocenters. The summed E-state index contributed by atoms with van der Waals surface area (Å²) in [5.74, 6) is -5.10. The molecule has 3 aromatic rings. The quantitative estimate of drug-likeness (QED) is 0.133. The maximum atomic E-state index is 12.7. The highest BCUT2D eigenvalue weighted by molar-refractivity contribution is 7.14. The third kappa shape index (κ3) is 7.88. The summed E-state index contributed by atoms with van der Waals surface area (Å²) in [5.41, 5.74) is 13.0. The molecule has 208 valence electrons. The summed E-state index contributed by atoms with van der Waals surface area (Å²) in [5, 5.41) is 32.5. The highest BCUT2D eigenvalue weighted by atomic mass is 32.1. The van der Waals surface area contributed by atoms with Gasteiger partial charge in [-0.15, -0.1) is 11.3 Å². The number of anilines is 2. The lowest BCUT2D eigenvalue weighted by Crippen LogP contribution is -2.44. The van der Waals surface area contributed by atoms with Crippen molar-refractivity contribution < 1.29 is 39.3 Å². The Hall–Kier alpha value is -4.73. The highest BCUT2D eigenvalue weighted by Gasteiger charge is 2.25. The number of nitrogens with two attached hydrogens (primary N) is 2. The number of hydrogen-bond acceptors (Lipinski definition) is 10. The number of H-pyrrole nitrogens is 1. The second-order valence-corrected chi connectivity index (χ2v) is 9.73. The Labute approximate surface area is 224 Å². The van der Waals surface area contributed by atoms with Crippen molar-refractivity contribution in [2.45, 2.75) is 50.6 Å². The molecule has 3 heterocycles. The first-order valence-corrected chi connectivity index (χ1v) is 12.5. The van der Waals surface area contributed by atoms with Crippen LogP contribution in [0.25, 0.3) is 11.0 Å². The van der Waals surface area contributed by atoms with Crippen LogP contribution in [0.5, 0.6) is 0 Å². The molecule has 16 heteroatoms. The van der Waals surface area contributed by atoms with Crippen LogP contribution in [0.2, 0.25) is 0 Å². The molecule has 0 saturated carbocycles. The molecule has 2 amide bonds. The van der Waals surface area contributed by atoms with Crippen LogP contribution in [0.4, 0.5) is 11.8 Å². The number of nitrogens with zero attached hydrogens (tertiary/aromatic N) is 2. The smallest absolute Gasteiger partial charge is 0.326 e. The van der Waals surface area contributed by atoms with E-state index in [2.05, 4.69) is 25.6 Å². The summed E-state index contributed by atoms with van der Waals surface area (Å²) < 4.78 is 0. The number of nitrogen functional groups attached to an aromatic ring is 2. The standard InChI is InChI=1S/C23H27N7O8S/c24-18-17-10(9-26-19(17)30-23(25)29-18)1-2-11-3-6-14(39-11)20(34)28-13(22(37)38)4-7-15(31)27-12(21(35)36)5-8-16(32)33/h3,6,9,12-13H,1-2,4-5,7-8H2,(H,27,31)(H,28,34)(H,32,33)(H,35,36)(H,37,38)(H5,24,25,26,29,30)/t12-,13-/m0/s1. The van der Waals surface area contributed by atoms with Crippen LogP contribution >= 0.6 is 11.3 Å². The first-order chi connectivity index (χ1) is 18.4. The predicted molar refractivity (Wildman–Crippen MR) is 139 cm³/mol. The number of fused-ring (bicyclic) bond motifs is 1. The highest BCUT2D eigenvalue weighted by Crippen LogP contribution is 2.25. The van der Waals surface area contributed by atoms with Gasteiger partial charge in [-0.3, -0.25) is 14.4 Å². The normalized spacial score (nSPS) is 12.5. The van der Waals surface area contributed by atoms with Gasteiger partial charge < -0.3 is 42.4 Å². The van der Waals surface area contributed by atoms with Crippen LogP contribution in [0, 0.1) is 0 Å². The Balaban J connectivity index is 1.54. The third-order valence-electron chi connectivity index (χ3n) is 5.73. The second kappa shape index (κ2) is 12.7. The number of aliphatic carboxylic acids is 3. The van der Waals surface area contributed by atoms with Crippen molar-refractivity contribution >= 4 is 63.9 Å². The number of carboxylic acids is 3. The van der Waals surface area contributed by atoms with Gasteiger partial charge in [0.15, 0.2) is 0 Å². The number of rotatable bonds is 14. The van der Waals surface area contributed by atoms with E-state index in [-0.39, 0.29) is 29.5 Å². The summed E-state index contributed by atoms with van der Waals surface area (Å²) in [7, 11) is 0. The fourth-order valence-corrected chi connectivity index (χ4v) is 4.70. The topological polar surface area (TPSA) is 264 Å². The SMILES string of the molecule is Nc1nc(N)c2c(CCc3ccc(C(=O)N[C@@H](CCC(=O)N[C@@H](CCC(=O)O)C(=O)O)C(=O)O)s3)c[nH]c2n1. The Morgan fingerprint density at radius 1 is 0.923 bits per heavy atom. The lowest BCUT2D eigenvalue weighted by Gasteiger charge is -2.16. The van der Waals surface area contributed by atoms with Gasteiger partial charge >= 0.3 is 17.9 Å². The van der Waals surface area contributed by atoms with E-state index in [1.54, 1.807) is 18.3 Å². The number of hydrogen-bond donors (Lipinski definition) is 8. The Kier molecular flexibility index (Phi) is 9.38. The van der Waals surface area contributed by atoms with Gasteiger partial charge in [0.1, 0.15) is 23.5 Å². The van der Waals surface area contributed by atoms with E-state index < -0.39 is 54.6 Å². The predicted octanol–water partition coefficient (Wildman–Crippen LogP) is 0.366. The van der Waals surface area contributed by atoms with Crippen molar-refractivity contribution in [2.75, 3.05) is 11.5 Å². The van der Waals surface area contributed by atoms with Crippen molar-refractivity contribution in [3.8, 4) is 0 Å². The largest absolute Gasteiger partial charge is 0.481 e. The van der Waals surface area contributed by atoms with Gasteiger partial charge in [-0.2, -0.15) is 9.97 Å². The van der Waals surface area contributed by atoms with E-state index in [1.165, 1.54) is 11.3 Å². The minimum atomic E-state index is -1.43. The molecule has 0 aliphatic heterocycles. The van der Waals surface area contributed by atoms with Crippen LogP contribution in [0.3, 0.4) is 0 Å². The fraction of sp³-hybridized carbons (Fsp3) is 0.348. The van der Waals surface area contributed by atoms with E-state index in [4.69, 9.17) is 21.7 Å². The molecular weight excluding hydrogens is 534 g/mol. The van der Waals surface area contributed by atoms with Crippen molar-refractivity contribution in [3.05, 3.63) is 33.6 Å². The zero-order valence-electron chi connectivity index (χ0n) is 20.5. The summed E-state index contributed by atoms with van der Waals surface area (Å²) in [4.78, 5) is 70.5. The number of aromatic amines is 1. The molecule has 0 bridgehead atoms. The van der Waals surface area contributed by atoms with Crippen LogP contribution in [-0.4, -0.2) is 72.1 Å². The molecule has 0 fully saturated rings. The fourth-order valence-electron chi connectivity index (χ4n) is 3.79. The van der Waals surface area contributed by atoms with Crippen molar-refractivity contribution in [1.82, 2.24) is 25.6 Å². The van der Waals surface area contributed by atoms with Crippen molar-refractivity contribution in [2.24, 2.45) is 0 Å². The van der Waals surface area contributed by atoms with Gasteiger partial charge in [0.2, 0.25) is 11.9 Å². The molecular formula is C23H27N7O8S. The molecule has 3 rings (SSSR count).